The maximum absolute atomic E-state index is 11.8. The molecule has 2 rings (SSSR count). The fraction of sp³-hybridized carbons (Fsp3) is 0.333. The van der Waals surface area contributed by atoms with Crippen LogP contribution in [0.1, 0.15) is 24.4 Å². The van der Waals surface area contributed by atoms with Crippen LogP contribution in [0.2, 0.25) is 0 Å². The Balaban J connectivity index is 1.96. The van der Waals surface area contributed by atoms with E-state index in [4.69, 9.17) is 0 Å². The zero-order valence-corrected chi connectivity index (χ0v) is 11.1. The molecule has 19 heavy (non-hydrogen) atoms. The number of rotatable bonds is 3. The summed E-state index contributed by atoms with van der Waals surface area (Å²) in [5, 5.41) is 9.48. The Labute approximate surface area is 111 Å². The predicted molar refractivity (Wildman–Crippen MR) is 70.5 cm³/mol. The summed E-state index contributed by atoms with van der Waals surface area (Å²) in [7, 11) is 1.78. The number of nitrogens with zero attached hydrogens (tertiary/aromatic N) is 4. The minimum absolute atomic E-state index is 0.231. The third-order valence-electron chi connectivity index (χ3n) is 2.61. The SMILES string of the molecule is Cc1cncc(NC(=O)NC(C)c2ncnn2C)c1. The Morgan fingerprint density at radius 1 is 1.42 bits per heavy atom. The molecule has 0 bridgehead atoms. The van der Waals surface area contributed by atoms with E-state index >= 15 is 0 Å². The van der Waals surface area contributed by atoms with Gasteiger partial charge in [-0.3, -0.25) is 9.67 Å². The van der Waals surface area contributed by atoms with Gasteiger partial charge in [0.1, 0.15) is 12.2 Å². The Morgan fingerprint density at radius 2 is 2.21 bits per heavy atom. The largest absolute Gasteiger partial charge is 0.328 e. The van der Waals surface area contributed by atoms with Gasteiger partial charge in [-0.1, -0.05) is 0 Å². The summed E-state index contributed by atoms with van der Waals surface area (Å²) in [4.78, 5) is 19.9. The lowest BCUT2D eigenvalue weighted by Gasteiger charge is -2.13. The first-order valence-electron chi connectivity index (χ1n) is 5.89. The third-order valence-corrected chi connectivity index (χ3v) is 2.61. The van der Waals surface area contributed by atoms with Crippen molar-refractivity contribution in [3.05, 3.63) is 36.2 Å². The van der Waals surface area contributed by atoms with Crippen LogP contribution in [0.5, 0.6) is 0 Å². The number of carbonyl (C=O) groups excluding carboxylic acids is 1. The Hall–Kier alpha value is -2.44. The highest BCUT2D eigenvalue weighted by Gasteiger charge is 2.13. The number of urea groups is 1. The number of nitrogens with one attached hydrogen (secondary N) is 2. The lowest BCUT2D eigenvalue weighted by atomic mass is 10.3. The summed E-state index contributed by atoms with van der Waals surface area (Å²) in [6, 6.07) is 1.31. The first-order chi connectivity index (χ1) is 9.06. The van der Waals surface area contributed by atoms with Crippen molar-refractivity contribution in [1.82, 2.24) is 25.1 Å². The maximum Gasteiger partial charge on any atom is 0.319 e. The number of carbonyl (C=O) groups is 1. The molecule has 1 atom stereocenters. The van der Waals surface area contributed by atoms with E-state index in [1.807, 2.05) is 19.9 Å². The molecule has 0 aliphatic rings. The van der Waals surface area contributed by atoms with Gasteiger partial charge in [0.2, 0.25) is 0 Å². The first-order valence-corrected chi connectivity index (χ1v) is 5.89. The molecule has 7 heteroatoms. The van der Waals surface area contributed by atoms with E-state index in [2.05, 4.69) is 25.7 Å². The molecule has 1 unspecified atom stereocenters. The lowest BCUT2D eigenvalue weighted by molar-refractivity contribution is 0.248. The van der Waals surface area contributed by atoms with E-state index in [9.17, 15) is 4.79 Å². The third kappa shape index (κ3) is 3.27. The maximum atomic E-state index is 11.8. The summed E-state index contributed by atoms with van der Waals surface area (Å²) in [6.45, 7) is 3.76. The standard InChI is InChI=1S/C12H16N6O/c1-8-4-10(6-13-5-8)17-12(19)16-9(2)11-14-7-15-18(11)3/h4-7,9H,1-3H3,(H2,16,17,19). The van der Waals surface area contributed by atoms with Crippen molar-refractivity contribution < 1.29 is 4.79 Å². The van der Waals surface area contributed by atoms with E-state index < -0.39 is 0 Å². The second kappa shape index (κ2) is 5.47. The van der Waals surface area contributed by atoms with Crippen LogP contribution < -0.4 is 10.6 Å². The molecule has 0 radical (unpaired) electrons. The van der Waals surface area contributed by atoms with Crippen LogP contribution in [-0.2, 0) is 7.05 Å². The highest BCUT2D eigenvalue weighted by atomic mass is 16.2. The zero-order valence-electron chi connectivity index (χ0n) is 11.1. The summed E-state index contributed by atoms with van der Waals surface area (Å²) < 4.78 is 1.62. The van der Waals surface area contributed by atoms with Crippen molar-refractivity contribution >= 4 is 11.7 Å². The van der Waals surface area contributed by atoms with Gasteiger partial charge in [0, 0.05) is 13.2 Å². The van der Waals surface area contributed by atoms with Crippen LogP contribution in [-0.4, -0.2) is 25.8 Å². The van der Waals surface area contributed by atoms with E-state index in [1.165, 1.54) is 6.33 Å². The van der Waals surface area contributed by atoms with Gasteiger partial charge in [-0.25, -0.2) is 9.78 Å². The quantitative estimate of drug-likeness (QED) is 0.873. The summed E-state index contributed by atoms with van der Waals surface area (Å²) >= 11 is 0. The summed E-state index contributed by atoms with van der Waals surface area (Å²) in [6.07, 6.45) is 4.78. The second-order valence-corrected chi connectivity index (χ2v) is 4.31. The Bertz CT molecular complexity index is 579. The number of hydrogen-bond donors (Lipinski definition) is 2. The van der Waals surface area contributed by atoms with Gasteiger partial charge in [0.25, 0.3) is 0 Å². The number of aryl methyl sites for hydroxylation is 2. The van der Waals surface area contributed by atoms with E-state index in [0.717, 1.165) is 5.56 Å². The van der Waals surface area contributed by atoms with Crippen LogP contribution in [0.25, 0.3) is 0 Å². The molecule has 2 aromatic heterocycles. The topological polar surface area (TPSA) is 84.7 Å². The van der Waals surface area contributed by atoms with Crippen LogP contribution in [0.3, 0.4) is 0 Å². The zero-order chi connectivity index (χ0) is 13.8. The molecule has 0 fully saturated rings. The van der Waals surface area contributed by atoms with Crippen LogP contribution >= 0.6 is 0 Å². The van der Waals surface area contributed by atoms with E-state index in [-0.39, 0.29) is 12.1 Å². The van der Waals surface area contributed by atoms with Crippen molar-refractivity contribution in [2.75, 3.05) is 5.32 Å². The molecular formula is C12H16N6O. The highest BCUT2D eigenvalue weighted by molar-refractivity contribution is 5.89. The first kappa shape index (κ1) is 13.0. The monoisotopic (exact) mass is 260 g/mol. The van der Waals surface area contributed by atoms with E-state index in [1.54, 1.807) is 24.1 Å². The molecule has 7 nitrogen and oxygen atoms in total. The second-order valence-electron chi connectivity index (χ2n) is 4.31. The molecule has 2 heterocycles. The summed E-state index contributed by atoms with van der Waals surface area (Å²) in [5.74, 6) is 0.692. The molecule has 2 aromatic rings. The Morgan fingerprint density at radius 3 is 2.84 bits per heavy atom. The fourth-order valence-electron chi connectivity index (χ4n) is 1.75. The normalized spacial score (nSPS) is 11.9. The van der Waals surface area contributed by atoms with Crippen molar-refractivity contribution in [1.29, 1.82) is 0 Å². The van der Waals surface area contributed by atoms with Crippen molar-refractivity contribution in [3.8, 4) is 0 Å². The van der Waals surface area contributed by atoms with E-state index in [0.29, 0.717) is 11.5 Å². The molecule has 0 aromatic carbocycles. The van der Waals surface area contributed by atoms with Gasteiger partial charge in [0.15, 0.2) is 0 Å². The van der Waals surface area contributed by atoms with Crippen molar-refractivity contribution in [2.45, 2.75) is 19.9 Å². The minimum Gasteiger partial charge on any atom is -0.328 e. The molecule has 0 saturated heterocycles. The number of pyridine rings is 1. The van der Waals surface area contributed by atoms with Crippen LogP contribution in [0.4, 0.5) is 10.5 Å². The van der Waals surface area contributed by atoms with Gasteiger partial charge in [0.05, 0.1) is 17.9 Å². The molecule has 2 N–H and O–H groups in total. The van der Waals surface area contributed by atoms with Crippen molar-refractivity contribution in [3.63, 3.8) is 0 Å². The number of amides is 2. The number of hydrogen-bond acceptors (Lipinski definition) is 4. The smallest absolute Gasteiger partial charge is 0.319 e. The van der Waals surface area contributed by atoms with Crippen LogP contribution in [0.15, 0.2) is 24.8 Å². The molecule has 100 valence electrons. The molecule has 2 amide bonds. The average Bonchev–Trinajstić information content (AvgIpc) is 2.75. The molecule has 0 saturated carbocycles. The molecule has 0 spiro atoms. The fourth-order valence-corrected chi connectivity index (χ4v) is 1.75. The summed E-state index contributed by atoms with van der Waals surface area (Å²) in [5.41, 5.74) is 1.64. The highest BCUT2D eigenvalue weighted by Crippen LogP contribution is 2.09. The number of anilines is 1. The average molecular weight is 260 g/mol. The molecular weight excluding hydrogens is 244 g/mol. The lowest BCUT2D eigenvalue weighted by Crippen LogP contribution is -2.32. The van der Waals surface area contributed by atoms with Gasteiger partial charge < -0.3 is 10.6 Å². The molecule has 0 aliphatic heterocycles. The van der Waals surface area contributed by atoms with Gasteiger partial charge in [-0.2, -0.15) is 5.10 Å². The molecule has 0 aliphatic carbocycles. The number of aromatic nitrogens is 4. The van der Waals surface area contributed by atoms with Gasteiger partial charge in [-0.05, 0) is 25.5 Å². The van der Waals surface area contributed by atoms with Gasteiger partial charge >= 0.3 is 6.03 Å². The predicted octanol–water partition coefficient (Wildman–Crippen LogP) is 1.40. The Kier molecular flexibility index (Phi) is 3.74. The van der Waals surface area contributed by atoms with Gasteiger partial charge in [-0.15, -0.1) is 0 Å². The minimum atomic E-state index is -0.303. The van der Waals surface area contributed by atoms with Crippen molar-refractivity contribution in [2.24, 2.45) is 7.05 Å². The van der Waals surface area contributed by atoms with Crippen LogP contribution in [0, 0.1) is 6.92 Å².